The second kappa shape index (κ2) is 8.42. The molecule has 1 aromatic rings. The molecule has 0 aromatic heterocycles. The third-order valence-corrected chi connectivity index (χ3v) is 2.87. The molecular weight excluding hydrogens is 310 g/mol. The van der Waals surface area contributed by atoms with Gasteiger partial charge in [-0.15, -0.1) is 0 Å². The van der Waals surface area contributed by atoms with Gasteiger partial charge in [0.25, 0.3) is 5.91 Å². The Hall–Kier alpha value is -2.44. The lowest BCUT2D eigenvalue weighted by atomic mass is 10.1. The van der Waals surface area contributed by atoms with Crippen molar-refractivity contribution >= 4 is 23.3 Å². The lowest BCUT2D eigenvalue weighted by molar-refractivity contribution is -0.157. The Morgan fingerprint density at radius 3 is 2.38 bits per heavy atom. The van der Waals surface area contributed by atoms with Gasteiger partial charge in [0.2, 0.25) is 0 Å². The molecule has 1 rings (SSSR count). The highest BCUT2D eigenvalue weighted by atomic mass is 16.6. The third kappa shape index (κ3) is 5.98. The molecule has 0 heterocycles. The minimum Gasteiger partial charge on any atom is -0.481 e. The molecule has 0 aliphatic heterocycles. The van der Waals surface area contributed by atoms with E-state index in [1.54, 1.807) is 26.8 Å². The first-order valence-electron chi connectivity index (χ1n) is 7.98. The Balaban J connectivity index is 3.02. The van der Waals surface area contributed by atoms with Crippen molar-refractivity contribution in [2.24, 2.45) is 0 Å². The largest absolute Gasteiger partial charge is 0.481 e. The van der Waals surface area contributed by atoms with Crippen LogP contribution in [0.1, 0.15) is 45.0 Å². The molecule has 1 aromatic carbocycles. The van der Waals surface area contributed by atoms with Gasteiger partial charge >= 0.3 is 5.97 Å². The second-order valence-electron chi connectivity index (χ2n) is 6.20. The fourth-order valence-electron chi connectivity index (χ4n) is 2.00. The Bertz CT molecular complexity index is 594. The number of anilines is 2. The number of ether oxygens (including phenoxy) is 2. The maximum Gasteiger partial charge on any atom is 0.344 e. The van der Waals surface area contributed by atoms with Gasteiger partial charge in [-0.3, -0.25) is 4.79 Å². The molecule has 0 saturated carbocycles. The number of esters is 1. The average Bonchev–Trinajstić information content (AvgIpc) is 2.46. The Kier molecular flexibility index (Phi) is 6.88. The molecule has 0 fully saturated rings. The van der Waals surface area contributed by atoms with Crippen LogP contribution in [0.15, 0.2) is 12.1 Å². The molecule has 0 bridgehead atoms. The quantitative estimate of drug-likeness (QED) is 0.520. The summed E-state index contributed by atoms with van der Waals surface area (Å²) in [7, 11) is 0. The van der Waals surface area contributed by atoms with E-state index >= 15 is 0 Å². The van der Waals surface area contributed by atoms with E-state index in [4.69, 9.17) is 15.2 Å². The van der Waals surface area contributed by atoms with Gasteiger partial charge < -0.3 is 25.8 Å². The van der Waals surface area contributed by atoms with Gasteiger partial charge in [-0.25, -0.2) is 4.79 Å². The molecule has 134 valence electrons. The van der Waals surface area contributed by atoms with Crippen molar-refractivity contribution in [1.82, 2.24) is 5.32 Å². The van der Waals surface area contributed by atoms with Crippen LogP contribution in [0.3, 0.4) is 0 Å². The number of nitrogens with one attached hydrogen (secondary N) is 2. The van der Waals surface area contributed by atoms with E-state index < -0.39 is 11.6 Å². The van der Waals surface area contributed by atoms with Crippen molar-refractivity contribution in [2.45, 2.75) is 40.2 Å². The normalized spacial score (nSPS) is 10.9. The van der Waals surface area contributed by atoms with Crippen LogP contribution in [0.25, 0.3) is 0 Å². The molecule has 0 atom stereocenters. The van der Waals surface area contributed by atoms with Gasteiger partial charge in [-0.1, -0.05) is 0 Å². The second-order valence-corrected chi connectivity index (χ2v) is 6.20. The number of hydrogen-bond donors (Lipinski definition) is 3. The maximum atomic E-state index is 12.2. The predicted molar refractivity (Wildman–Crippen MR) is 94.4 cm³/mol. The monoisotopic (exact) mass is 337 g/mol. The smallest absolute Gasteiger partial charge is 0.344 e. The van der Waals surface area contributed by atoms with Crippen LogP contribution in [0, 0.1) is 0 Å². The van der Waals surface area contributed by atoms with Crippen LogP contribution < -0.4 is 21.1 Å². The molecule has 0 unspecified atom stereocenters. The topological polar surface area (TPSA) is 103 Å². The molecule has 0 aliphatic rings. The van der Waals surface area contributed by atoms with Gasteiger partial charge in [0, 0.05) is 19.2 Å². The summed E-state index contributed by atoms with van der Waals surface area (Å²) >= 11 is 0. The number of nitrogen functional groups attached to an aromatic ring is 1. The van der Waals surface area contributed by atoms with Gasteiger partial charge in [0.1, 0.15) is 11.4 Å². The van der Waals surface area contributed by atoms with Crippen molar-refractivity contribution in [1.29, 1.82) is 0 Å². The molecule has 0 saturated heterocycles. The summed E-state index contributed by atoms with van der Waals surface area (Å²) in [6.07, 6.45) is 0. The molecule has 0 aliphatic carbocycles. The summed E-state index contributed by atoms with van der Waals surface area (Å²) in [5.74, 6) is -0.547. The lowest BCUT2D eigenvalue weighted by Crippen LogP contribution is -2.28. The van der Waals surface area contributed by atoms with Crippen LogP contribution in [0.5, 0.6) is 5.75 Å². The van der Waals surface area contributed by atoms with Crippen LogP contribution in [0.2, 0.25) is 0 Å². The first kappa shape index (κ1) is 19.6. The van der Waals surface area contributed by atoms with Gasteiger partial charge in [0.05, 0.1) is 16.9 Å². The lowest BCUT2D eigenvalue weighted by Gasteiger charge is -2.20. The van der Waals surface area contributed by atoms with E-state index in [0.717, 1.165) is 0 Å². The van der Waals surface area contributed by atoms with Gasteiger partial charge in [-0.2, -0.15) is 0 Å². The summed E-state index contributed by atoms with van der Waals surface area (Å²) in [5.41, 5.74) is 6.72. The highest BCUT2D eigenvalue weighted by molar-refractivity contribution is 5.99. The first-order chi connectivity index (χ1) is 11.2. The maximum absolute atomic E-state index is 12.2. The highest BCUT2D eigenvalue weighted by Gasteiger charge is 2.19. The standard InChI is InChI=1S/C17H27N3O4/c1-6-19-13-9-14(23-10-15(21)24-17(3,4)5)11(8-12(13)18)16(22)20-7-2/h8-9,19H,6-7,10,18H2,1-5H3,(H,20,22). The van der Waals surface area contributed by atoms with Crippen molar-refractivity contribution in [3.05, 3.63) is 17.7 Å². The Labute approximate surface area is 142 Å². The summed E-state index contributed by atoms with van der Waals surface area (Å²) in [6, 6.07) is 3.15. The third-order valence-electron chi connectivity index (χ3n) is 2.87. The number of carbonyl (C=O) groups excluding carboxylic acids is 2. The number of hydrogen-bond acceptors (Lipinski definition) is 6. The van der Waals surface area contributed by atoms with Crippen LogP contribution in [0.4, 0.5) is 11.4 Å². The van der Waals surface area contributed by atoms with E-state index in [-0.39, 0.29) is 23.8 Å². The Morgan fingerprint density at radius 1 is 1.17 bits per heavy atom. The molecular formula is C17H27N3O4. The van der Waals surface area contributed by atoms with Crippen LogP contribution >= 0.6 is 0 Å². The fraction of sp³-hybridized carbons (Fsp3) is 0.529. The SMILES string of the molecule is CCNC(=O)c1cc(N)c(NCC)cc1OCC(=O)OC(C)(C)C. The van der Waals surface area contributed by atoms with E-state index in [2.05, 4.69) is 10.6 Å². The molecule has 7 heteroatoms. The van der Waals surface area contributed by atoms with Crippen LogP contribution in [-0.2, 0) is 9.53 Å². The van der Waals surface area contributed by atoms with E-state index in [1.165, 1.54) is 6.07 Å². The first-order valence-corrected chi connectivity index (χ1v) is 7.98. The predicted octanol–water partition coefficient (Wildman–Crippen LogP) is 2.17. The molecule has 1 amide bonds. The molecule has 7 nitrogen and oxygen atoms in total. The van der Waals surface area contributed by atoms with Crippen molar-refractivity contribution in [3.8, 4) is 5.75 Å². The van der Waals surface area contributed by atoms with Gasteiger partial charge in [0.15, 0.2) is 6.61 Å². The van der Waals surface area contributed by atoms with Gasteiger partial charge in [-0.05, 0) is 40.7 Å². The van der Waals surface area contributed by atoms with E-state index in [0.29, 0.717) is 24.5 Å². The zero-order valence-corrected chi connectivity index (χ0v) is 15.0. The van der Waals surface area contributed by atoms with Crippen molar-refractivity contribution < 1.29 is 19.1 Å². The number of rotatable bonds is 7. The minimum atomic E-state index is -0.598. The number of nitrogens with two attached hydrogens (primary N) is 1. The zero-order valence-electron chi connectivity index (χ0n) is 15.0. The van der Waals surface area contributed by atoms with Crippen molar-refractivity contribution in [2.75, 3.05) is 30.7 Å². The summed E-state index contributed by atoms with van der Waals surface area (Å²) in [4.78, 5) is 24.0. The summed E-state index contributed by atoms with van der Waals surface area (Å²) < 4.78 is 10.7. The number of amides is 1. The van der Waals surface area contributed by atoms with E-state index in [1.807, 2.05) is 13.8 Å². The zero-order chi connectivity index (χ0) is 18.3. The van der Waals surface area contributed by atoms with Crippen molar-refractivity contribution in [3.63, 3.8) is 0 Å². The fourth-order valence-corrected chi connectivity index (χ4v) is 2.00. The molecule has 0 radical (unpaired) electrons. The number of benzene rings is 1. The molecule has 24 heavy (non-hydrogen) atoms. The summed E-state index contributed by atoms with van der Waals surface area (Å²) in [6.45, 7) is 9.91. The van der Waals surface area contributed by atoms with E-state index in [9.17, 15) is 9.59 Å². The summed E-state index contributed by atoms with van der Waals surface area (Å²) in [5, 5.41) is 5.78. The molecule has 0 spiro atoms. The highest BCUT2D eigenvalue weighted by Crippen LogP contribution is 2.29. The minimum absolute atomic E-state index is 0.275. The van der Waals surface area contributed by atoms with Crippen LogP contribution in [-0.4, -0.2) is 37.2 Å². The number of carbonyl (C=O) groups is 2. The Morgan fingerprint density at radius 2 is 1.83 bits per heavy atom. The average molecular weight is 337 g/mol. The molecule has 4 N–H and O–H groups in total.